The average molecular weight is 929 g/mol. The number of nitrogens with zero attached hydrogens (tertiary/aromatic N) is 3. The van der Waals surface area contributed by atoms with Gasteiger partial charge in [0.15, 0.2) is 6.23 Å². The summed E-state index contributed by atoms with van der Waals surface area (Å²) in [6, 6.07) is 27.9. The highest BCUT2D eigenvalue weighted by atomic mass is 31.2. The summed E-state index contributed by atoms with van der Waals surface area (Å²) >= 11 is 0. The summed E-state index contributed by atoms with van der Waals surface area (Å²) in [7, 11) is -2.96. The summed E-state index contributed by atoms with van der Waals surface area (Å²) in [4.78, 5) is 52.4. The minimum absolute atomic E-state index is 0.164. The fourth-order valence-electron chi connectivity index (χ4n) is 7.50. The number of hydrogen-bond acceptors (Lipinski definition) is 12. The van der Waals surface area contributed by atoms with Gasteiger partial charge in [-0.1, -0.05) is 72.8 Å². The molecule has 0 spiro atoms. The monoisotopic (exact) mass is 928 g/mol. The van der Waals surface area contributed by atoms with E-state index in [-0.39, 0.29) is 19.6 Å². The molecule has 1 saturated heterocycles. The molecule has 1 unspecified atom stereocenters. The molecule has 1 aromatic heterocycles. The van der Waals surface area contributed by atoms with Crippen LogP contribution < -0.4 is 26.6 Å². The van der Waals surface area contributed by atoms with Crippen LogP contribution in [-0.4, -0.2) is 103 Å². The van der Waals surface area contributed by atoms with Crippen LogP contribution in [0.2, 0.25) is 0 Å². The zero-order valence-corrected chi connectivity index (χ0v) is 37.3. The maximum Gasteiger partial charge on any atom is 0.471 e. The lowest BCUT2D eigenvalue weighted by atomic mass is 9.80. The standard InChI is InChI=1S/C44H52F3N6O11P/c1-29(2)53(30(3)4)65(58,62-26-12-22-48)64-38-35(27-61-43(31-13-8-6-9-14-31,32-15-10-7-11-16-32)33-17-19-34(59-5)20-18-33)63-40(52-25-21-36(54)51-42(52)57)39(38)60-28-37(55)49-23-24-50-41(56)44(45,46)47/h6-11,13-21,25,29-30,35,38-40H,12,23-24,26-28H2,1-5H3,(H,49,55)(H,50,56)(H,51,54,57)/t35-,38-,39-,40-,65?/m1/s1. The summed E-state index contributed by atoms with van der Waals surface area (Å²) in [5.74, 6) is -2.47. The molecule has 5 atom stereocenters. The van der Waals surface area contributed by atoms with E-state index in [4.69, 9.17) is 28.0 Å². The zero-order valence-electron chi connectivity index (χ0n) is 36.4. The van der Waals surface area contributed by atoms with Crippen LogP contribution >= 0.6 is 7.75 Å². The third-order valence-corrected chi connectivity index (χ3v) is 12.7. The van der Waals surface area contributed by atoms with Gasteiger partial charge in [-0.25, -0.2) is 14.0 Å². The molecule has 0 bridgehead atoms. The second-order valence-corrected chi connectivity index (χ2v) is 17.1. The summed E-state index contributed by atoms with van der Waals surface area (Å²) in [5, 5.41) is 13.4. The number of aromatic amines is 1. The summed E-state index contributed by atoms with van der Waals surface area (Å²) in [5.41, 5.74) is -1.03. The van der Waals surface area contributed by atoms with Gasteiger partial charge in [-0.2, -0.15) is 18.4 Å². The highest BCUT2D eigenvalue weighted by molar-refractivity contribution is 7.51. The van der Waals surface area contributed by atoms with Crippen molar-refractivity contribution >= 4 is 19.6 Å². The highest BCUT2D eigenvalue weighted by Gasteiger charge is 2.54. The first-order valence-corrected chi connectivity index (χ1v) is 22.1. The number of carbonyl (C=O) groups is 2. The van der Waals surface area contributed by atoms with Crippen molar-refractivity contribution in [2.24, 2.45) is 0 Å². The number of nitriles is 1. The Bertz CT molecular complexity index is 2350. The molecule has 2 heterocycles. The predicted octanol–water partition coefficient (Wildman–Crippen LogP) is 5.17. The van der Waals surface area contributed by atoms with E-state index < -0.39 is 98.9 Å². The Morgan fingerprint density at radius 1 is 0.892 bits per heavy atom. The molecule has 1 aliphatic heterocycles. The number of rotatable bonds is 22. The second-order valence-electron chi connectivity index (χ2n) is 15.3. The van der Waals surface area contributed by atoms with Crippen molar-refractivity contribution in [3.05, 3.63) is 135 Å². The summed E-state index contributed by atoms with van der Waals surface area (Å²) in [6.07, 6.45) is -10.0. The van der Waals surface area contributed by atoms with Crippen molar-refractivity contribution in [3.8, 4) is 11.8 Å². The van der Waals surface area contributed by atoms with E-state index in [1.54, 1.807) is 45.1 Å². The topological polar surface area (TPSA) is 213 Å². The molecule has 4 aromatic rings. The number of alkyl halides is 3. The highest BCUT2D eigenvalue weighted by Crippen LogP contribution is 2.58. The number of H-pyrrole nitrogens is 1. The Morgan fingerprint density at radius 2 is 1.48 bits per heavy atom. The number of amides is 2. The molecular formula is C44H52F3N6O11P. The average Bonchev–Trinajstić information content (AvgIpc) is 3.60. The van der Waals surface area contributed by atoms with Crippen LogP contribution in [0.4, 0.5) is 13.2 Å². The van der Waals surface area contributed by atoms with Crippen molar-refractivity contribution in [1.82, 2.24) is 24.9 Å². The number of ether oxygens (including phenoxy) is 4. The largest absolute Gasteiger partial charge is 0.497 e. The lowest BCUT2D eigenvalue weighted by molar-refractivity contribution is -0.173. The number of halogens is 3. The summed E-state index contributed by atoms with van der Waals surface area (Å²) < 4.78 is 93.9. The zero-order chi connectivity index (χ0) is 47.4. The van der Waals surface area contributed by atoms with Crippen molar-refractivity contribution in [1.29, 1.82) is 5.26 Å². The third kappa shape index (κ3) is 12.4. The van der Waals surface area contributed by atoms with E-state index in [1.807, 2.05) is 78.9 Å². The van der Waals surface area contributed by atoms with Crippen molar-refractivity contribution in [3.63, 3.8) is 0 Å². The molecular weight excluding hydrogens is 876 g/mol. The maximum absolute atomic E-state index is 15.3. The number of methoxy groups -OCH3 is 1. The van der Waals surface area contributed by atoms with Gasteiger partial charge < -0.3 is 29.6 Å². The van der Waals surface area contributed by atoms with Gasteiger partial charge in [0, 0.05) is 37.4 Å². The van der Waals surface area contributed by atoms with Crippen LogP contribution in [-0.2, 0) is 43.0 Å². The van der Waals surface area contributed by atoms with Gasteiger partial charge in [0.05, 0.1) is 32.8 Å². The maximum atomic E-state index is 15.3. The van der Waals surface area contributed by atoms with Gasteiger partial charge in [-0.15, -0.1) is 0 Å². The molecule has 3 N–H and O–H groups in total. The molecule has 17 nitrogen and oxygen atoms in total. The van der Waals surface area contributed by atoms with E-state index in [0.29, 0.717) is 22.4 Å². The Balaban J connectivity index is 1.63. The Labute approximate surface area is 373 Å². The number of benzene rings is 3. The molecule has 1 aliphatic rings. The SMILES string of the molecule is COc1ccc(C(OC[C@H]2O[C@@H](n3ccc(=O)[nH]c3=O)[C@H](OCC(=O)NCCNC(=O)C(F)(F)F)[C@@H]2OP(=O)(OCCC#N)N(C(C)C)C(C)C)(c2ccccc2)c2ccccc2)cc1. The van der Waals surface area contributed by atoms with Crippen LogP contribution in [0.15, 0.2) is 107 Å². The van der Waals surface area contributed by atoms with Crippen LogP contribution in [0.3, 0.4) is 0 Å². The third-order valence-electron chi connectivity index (χ3n) is 10.2. The molecule has 0 saturated carbocycles. The molecule has 21 heteroatoms. The van der Waals surface area contributed by atoms with E-state index >= 15 is 4.57 Å². The first kappa shape index (κ1) is 50.4. The van der Waals surface area contributed by atoms with Gasteiger partial charge in [-0.3, -0.25) is 33.0 Å². The molecule has 1 fully saturated rings. The van der Waals surface area contributed by atoms with E-state index in [1.165, 1.54) is 11.8 Å². The van der Waals surface area contributed by atoms with Gasteiger partial charge >= 0.3 is 25.5 Å². The van der Waals surface area contributed by atoms with E-state index in [2.05, 4.69) is 10.3 Å². The Hall–Kier alpha value is -5.65. The van der Waals surface area contributed by atoms with E-state index in [9.17, 15) is 37.6 Å². The van der Waals surface area contributed by atoms with Crippen molar-refractivity contribution in [2.45, 2.75) is 82.5 Å². The van der Waals surface area contributed by atoms with Gasteiger partial charge in [0.1, 0.15) is 36.3 Å². The van der Waals surface area contributed by atoms with Crippen molar-refractivity contribution in [2.75, 3.05) is 40.0 Å². The molecule has 3 aromatic carbocycles. The number of nitrogens with one attached hydrogen (secondary N) is 3. The molecule has 350 valence electrons. The van der Waals surface area contributed by atoms with Crippen LogP contribution in [0.25, 0.3) is 0 Å². The van der Waals surface area contributed by atoms with Crippen LogP contribution in [0.1, 0.15) is 57.0 Å². The van der Waals surface area contributed by atoms with E-state index in [0.717, 1.165) is 16.8 Å². The molecule has 5 rings (SSSR count). The van der Waals surface area contributed by atoms with Crippen LogP contribution in [0, 0.1) is 11.3 Å². The second kappa shape index (κ2) is 22.5. The predicted molar refractivity (Wildman–Crippen MR) is 230 cm³/mol. The molecule has 0 aliphatic carbocycles. The number of hydrogen-bond donors (Lipinski definition) is 3. The fraction of sp³-hybridized carbons (Fsp3) is 0.432. The van der Waals surface area contributed by atoms with Gasteiger partial charge in [0.25, 0.3) is 5.56 Å². The normalized spacial score (nSPS) is 18.6. The van der Waals surface area contributed by atoms with Gasteiger partial charge in [0.2, 0.25) is 5.91 Å². The minimum Gasteiger partial charge on any atom is -0.497 e. The first-order valence-electron chi connectivity index (χ1n) is 20.6. The molecule has 65 heavy (non-hydrogen) atoms. The Kier molecular flexibility index (Phi) is 17.4. The van der Waals surface area contributed by atoms with Crippen molar-refractivity contribution < 1.29 is 55.3 Å². The summed E-state index contributed by atoms with van der Waals surface area (Å²) in [6.45, 7) is 4.53. The first-order chi connectivity index (χ1) is 30.9. The lowest BCUT2D eigenvalue weighted by Crippen LogP contribution is -2.45. The Morgan fingerprint density at radius 3 is 2.02 bits per heavy atom. The van der Waals surface area contributed by atoms with Gasteiger partial charge in [-0.05, 0) is 56.5 Å². The smallest absolute Gasteiger partial charge is 0.471 e. The minimum atomic E-state index is -5.13. The van der Waals surface area contributed by atoms with Crippen LogP contribution in [0.5, 0.6) is 5.75 Å². The number of aromatic nitrogens is 2. The lowest BCUT2D eigenvalue weighted by Gasteiger charge is -2.39. The number of carbonyl (C=O) groups excluding carboxylic acids is 2. The fourth-order valence-corrected chi connectivity index (χ4v) is 9.82. The molecule has 2 amide bonds. The molecule has 0 radical (unpaired) electrons. The quantitative estimate of drug-likeness (QED) is 0.0528.